The average Bonchev–Trinajstić information content (AvgIpc) is 3.01. The summed E-state index contributed by atoms with van der Waals surface area (Å²) in [7, 11) is 3.31. The van der Waals surface area contributed by atoms with Crippen molar-refractivity contribution < 1.29 is 19.1 Å². The number of nitrogens with one attached hydrogen (secondary N) is 1. The molecule has 8 nitrogen and oxygen atoms in total. The molecule has 1 fully saturated rings. The van der Waals surface area contributed by atoms with E-state index in [2.05, 4.69) is 5.32 Å². The molecule has 3 rings (SSSR count). The van der Waals surface area contributed by atoms with Crippen LogP contribution in [0, 0.1) is 0 Å². The van der Waals surface area contributed by atoms with Gasteiger partial charge >= 0.3 is 6.03 Å². The third-order valence-electron chi connectivity index (χ3n) is 4.59. The molecule has 4 amide bonds. The van der Waals surface area contributed by atoms with Gasteiger partial charge in [0.2, 0.25) is 5.91 Å². The molecule has 2 aromatic carbocycles. The SMILES string of the molecule is CNC(=O)c1ccc(Oc2cc(C(N)=O)ccc2CN2CCN(C)C2=O)cc1. The largest absolute Gasteiger partial charge is 0.457 e. The second-order valence-electron chi connectivity index (χ2n) is 6.52. The Kier molecular flexibility index (Phi) is 5.49. The van der Waals surface area contributed by atoms with Crippen LogP contribution in [0.2, 0.25) is 0 Å². The molecular weight excluding hydrogens is 360 g/mol. The van der Waals surface area contributed by atoms with E-state index >= 15 is 0 Å². The minimum Gasteiger partial charge on any atom is -0.457 e. The van der Waals surface area contributed by atoms with Crippen molar-refractivity contribution in [2.24, 2.45) is 5.73 Å². The van der Waals surface area contributed by atoms with Crippen molar-refractivity contribution >= 4 is 17.8 Å². The van der Waals surface area contributed by atoms with Crippen LogP contribution in [0.1, 0.15) is 26.3 Å². The van der Waals surface area contributed by atoms with Crippen LogP contribution in [0.15, 0.2) is 42.5 Å². The molecule has 0 atom stereocenters. The van der Waals surface area contributed by atoms with E-state index in [1.807, 2.05) is 0 Å². The number of primary amides is 1. The van der Waals surface area contributed by atoms with E-state index in [9.17, 15) is 14.4 Å². The summed E-state index contributed by atoms with van der Waals surface area (Å²) in [4.78, 5) is 38.8. The highest BCUT2D eigenvalue weighted by molar-refractivity contribution is 5.94. The first kappa shape index (κ1) is 19.2. The zero-order valence-corrected chi connectivity index (χ0v) is 15.8. The van der Waals surface area contributed by atoms with E-state index in [1.165, 1.54) is 0 Å². The smallest absolute Gasteiger partial charge is 0.320 e. The molecule has 1 heterocycles. The lowest BCUT2D eigenvalue weighted by molar-refractivity contribution is 0.0961. The lowest BCUT2D eigenvalue weighted by Crippen LogP contribution is -2.29. The van der Waals surface area contributed by atoms with Crippen LogP contribution in [0.4, 0.5) is 4.79 Å². The van der Waals surface area contributed by atoms with Crippen LogP contribution in [0.25, 0.3) is 0 Å². The summed E-state index contributed by atoms with van der Waals surface area (Å²) in [5.41, 5.74) is 6.96. The van der Waals surface area contributed by atoms with Gasteiger partial charge in [-0.2, -0.15) is 0 Å². The highest BCUT2D eigenvalue weighted by Gasteiger charge is 2.26. The zero-order chi connectivity index (χ0) is 20.3. The molecule has 146 valence electrons. The van der Waals surface area contributed by atoms with Crippen LogP contribution < -0.4 is 15.8 Å². The molecule has 0 aliphatic carbocycles. The molecule has 1 aliphatic heterocycles. The van der Waals surface area contributed by atoms with Gasteiger partial charge in [0, 0.05) is 43.9 Å². The summed E-state index contributed by atoms with van der Waals surface area (Å²) in [5.74, 6) is 0.176. The number of urea groups is 1. The molecule has 28 heavy (non-hydrogen) atoms. The third-order valence-corrected chi connectivity index (χ3v) is 4.59. The van der Waals surface area contributed by atoms with Crippen molar-refractivity contribution in [1.29, 1.82) is 0 Å². The van der Waals surface area contributed by atoms with E-state index in [-0.39, 0.29) is 11.9 Å². The van der Waals surface area contributed by atoms with Crippen molar-refractivity contribution in [3.05, 3.63) is 59.2 Å². The van der Waals surface area contributed by atoms with Crippen LogP contribution in [0.3, 0.4) is 0 Å². The lowest BCUT2D eigenvalue weighted by Gasteiger charge is -2.19. The topological polar surface area (TPSA) is 105 Å². The standard InChI is InChI=1S/C20H22N4O4/c1-22-19(26)13-5-7-16(8-6-13)28-17-11-14(18(21)25)3-4-15(17)12-24-10-9-23(2)20(24)27/h3-8,11H,9-10,12H2,1-2H3,(H2,21,25)(H,22,26). The van der Waals surface area contributed by atoms with Gasteiger partial charge in [-0.05, 0) is 36.4 Å². The molecule has 2 aromatic rings. The maximum absolute atomic E-state index is 12.2. The molecule has 1 aliphatic rings. The number of hydrogen-bond acceptors (Lipinski definition) is 4. The summed E-state index contributed by atoms with van der Waals surface area (Å²) in [6, 6.07) is 11.5. The summed E-state index contributed by atoms with van der Waals surface area (Å²) in [6.45, 7) is 1.64. The number of benzene rings is 2. The van der Waals surface area contributed by atoms with Crippen LogP contribution in [-0.2, 0) is 6.54 Å². The first-order valence-electron chi connectivity index (χ1n) is 8.82. The highest BCUT2D eigenvalue weighted by Crippen LogP contribution is 2.29. The molecule has 0 radical (unpaired) electrons. The first-order valence-corrected chi connectivity index (χ1v) is 8.82. The monoisotopic (exact) mass is 382 g/mol. The first-order chi connectivity index (χ1) is 13.4. The van der Waals surface area contributed by atoms with Crippen molar-refractivity contribution in [1.82, 2.24) is 15.1 Å². The molecule has 0 saturated carbocycles. The van der Waals surface area contributed by atoms with Gasteiger partial charge in [-0.15, -0.1) is 0 Å². The van der Waals surface area contributed by atoms with Crippen LogP contribution in [-0.4, -0.2) is 54.8 Å². The Bertz CT molecular complexity index is 911. The Morgan fingerprint density at radius 3 is 2.36 bits per heavy atom. The zero-order valence-electron chi connectivity index (χ0n) is 15.8. The van der Waals surface area contributed by atoms with Gasteiger partial charge in [-0.1, -0.05) is 6.07 Å². The maximum Gasteiger partial charge on any atom is 0.320 e. The number of amides is 4. The Balaban J connectivity index is 1.87. The van der Waals surface area contributed by atoms with Gasteiger partial charge in [0.1, 0.15) is 11.5 Å². The van der Waals surface area contributed by atoms with Gasteiger partial charge < -0.3 is 25.6 Å². The van der Waals surface area contributed by atoms with Crippen molar-refractivity contribution in [3.63, 3.8) is 0 Å². The molecule has 3 N–H and O–H groups in total. The Morgan fingerprint density at radius 1 is 1.11 bits per heavy atom. The Labute approximate surface area is 162 Å². The van der Waals surface area contributed by atoms with E-state index in [0.29, 0.717) is 42.3 Å². The molecular formula is C20H22N4O4. The van der Waals surface area contributed by atoms with E-state index in [4.69, 9.17) is 10.5 Å². The number of nitrogens with zero attached hydrogens (tertiary/aromatic N) is 2. The number of carbonyl (C=O) groups is 3. The summed E-state index contributed by atoms with van der Waals surface area (Å²) in [5, 5.41) is 2.55. The minimum atomic E-state index is -0.566. The maximum atomic E-state index is 12.2. The Morgan fingerprint density at radius 2 is 1.79 bits per heavy atom. The molecule has 0 unspecified atom stereocenters. The highest BCUT2D eigenvalue weighted by atomic mass is 16.5. The number of hydrogen-bond donors (Lipinski definition) is 2. The predicted molar refractivity (Wildman–Crippen MR) is 103 cm³/mol. The van der Waals surface area contributed by atoms with Gasteiger partial charge in [-0.25, -0.2) is 4.79 Å². The number of ether oxygens (including phenoxy) is 1. The van der Waals surface area contributed by atoms with Gasteiger partial charge in [0.25, 0.3) is 5.91 Å². The van der Waals surface area contributed by atoms with Gasteiger partial charge in [-0.3, -0.25) is 9.59 Å². The van der Waals surface area contributed by atoms with E-state index in [1.54, 1.807) is 66.4 Å². The molecule has 0 aromatic heterocycles. The molecule has 0 spiro atoms. The minimum absolute atomic E-state index is 0.0557. The normalized spacial score (nSPS) is 13.6. The van der Waals surface area contributed by atoms with Crippen molar-refractivity contribution in [2.45, 2.75) is 6.54 Å². The second kappa shape index (κ2) is 7.99. The molecule has 1 saturated heterocycles. The Hall–Kier alpha value is -3.55. The number of rotatable bonds is 6. The third kappa shape index (κ3) is 4.06. The summed E-state index contributed by atoms with van der Waals surface area (Å²) in [6.07, 6.45) is 0. The quantitative estimate of drug-likeness (QED) is 0.795. The fraction of sp³-hybridized carbons (Fsp3) is 0.250. The second-order valence-corrected chi connectivity index (χ2v) is 6.52. The van der Waals surface area contributed by atoms with Gasteiger partial charge in [0.15, 0.2) is 0 Å². The average molecular weight is 382 g/mol. The fourth-order valence-electron chi connectivity index (χ4n) is 2.93. The number of carbonyl (C=O) groups excluding carboxylic acids is 3. The predicted octanol–water partition coefficient (Wildman–Crippen LogP) is 1.80. The van der Waals surface area contributed by atoms with E-state index in [0.717, 1.165) is 5.56 Å². The summed E-state index contributed by atoms with van der Waals surface area (Å²) >= 11 is 0. The molecule has 8 heteroatoms. The molecule has 0 bridgehead atoms. The summed E-state index contributed by atoms with van der Waals surface area (Å²) < 4.78 is 5.95. The van der Waals surface area contributed by atoms with Crippen molar-refractivity contribution in [2.75, 3.05) is 27.2 Å². The van der Waals surface area contributed by atoms with E-state index < -0.39 is 5.91 Å². The lowest BCUT2D eigenvalue weighted by atomic mass is 10.1. The van der Waals surface area contributed by atoms with Crippen LogP contribution in [0.5, 0.6) is 11.5 Å². The fourth-order valence-corrected chi connectivity index (χ4v) is 2.93. The van der Waals surface area contributed by atoms with Crippen LogP contribution >= 0.6 is 0 Å². The van der Waals surface area contributed by atoms with Crippen molar-refractivity contribution in [3.8, 4) is 11.5 Å². The number of nitrogens with two attached hydrogens (primary N) is 1. The number of likely N-dealkylation sites (N-methyl/N-ethyl adjacent to an activating group) is 1. The van der Waals surface area contributed by atoms with Gasteiger partial charge in [0.05, 0.1) is 6.54 Å².